The number of halogens is 5. The maximum atomic E-state index is 13.4. The molecule has 1 N–H and O–H groups in total. The van der Waals surface area contributed by atoms with E-state index in [1.807, 2.05) is 0 Å². The SMILES string of the molecule is CCN(CC)c1nc2cc(C(F)(F)F)ccc2c(=O)n1NC(=O)Cc1cc(F)cc(F)c1. The summed E-state index contributed by atoms with van der Waals surface area (Å²) >= 11 is 0. The molecule has 0 spiro atoms. The zero-order valence-corrected chi connectivity index (χ0v) is 17.1. The topological polar surface area (TPSA) is 67.2 Å². The van der Waals surface area contributed by atoms with E-state index in [0.717, 1.165) is 35.0 Å². The summed E-state index contributed by atoms with van der Waals surface area (Å²) in [6.07, 6.45) is -5.06. The molecular formula is C21H19F5N4O2. The van der Waals surface area contributed by atoms with Gasteiger partial charge in [0.25, 0.3) is 5.56 Å². The lowest BCUT2D eigenvalue weighted by molar-refractivity contribution is -0.137. The number of nitrogens with one attached hydrogen (secondary N) is 1. The Morgan fingerprint density at radius 1 is 1.06 bits per heavy atom. The van der Waals surface area contributed by atoms with Crippen molar-refractivity contribution in [3.05, 3.63) is 69.5 Å². The highest BCUT2D eigenvalue weighted by Gasteiger charge is 2.31. The number of carbonyl (C=O) groups excluding carboxylic acids is 1. The van der Waals surface area contributed by atoms with E-state index in [1.54, 1.807) is 18.7 Å². The Kier molecular flexibility index (Phi) is 6.47. The molecule has 1 amide bonds. The summed E-state index contributed by atoms with van der Waals surface area (Å²) in [5.41, 5.74) is 0.464. The van der Waals surface area contributed by atoms with Crippen molar-refractivity contribution in [1.82, 2.24) is 9.66 Å². The normalized spacial score (nSPS) is 11.6. The number of hydrogen-bond donors (Lipinski definition) is 1. The lowest BCUT2D eigenvalue weighted by Crippen LogP contribution is -2.40. The predicted octanol–water partition coefficient (Wildman–Crippen LogP) is 3.85. The van der Waals surface area contributed by atoms with Gasteiger partial charge in [0.2, 0.25) is 11.9 Å². The Morgan fingerprint density at radius 3 is 2.25 bits per heavy atom. The molecule has 6 nitrogen and oxygen atoms in total. The Bertz CT molecular complexity index is 1200. The molecule has 0 saturated heterocycles. The van der Waals surface area contributed by atoms with E-state index in [-0.39, 0.29) is 22.4 Å². The number of carbonyl (C=O) groups is 1. The molecule has 0 saturated carbocycles. The van der Waals surface area contributed by atoms with Crippen LogP contribution in [0.5, 0.6) is 0 Å². The highest BCUT2D eigenvalue weighted by Crippen LogP contribution is 2.30. The Morgan fingerprint density at radius 2 is 1.69 bits per heavy atom. The van der Waals surface area contributed by atoms with Gasteiger partial charge in [0.15, 0.2) is 0 Å². The van der Waals surface area contributed by atoms with Gasteiger partial charge >= 0.3 is 6.18 Å². The van der Waals surface area contributed by atoms with Crippen LogP contribution < -0.4 is 15.9 Å². The third-order valence-corrected chi connectivity index (χ3v) is 4.75. The minimum absolute atomic E-state index is 0.0426. The van der Waals surface area contributed by atoms with Gasteiger partial charge in [-0.05, 0) is 49.7 Å². The fourth-order valence-electron chi connectivity index (χ4n) is 3.23. The molecule has 0 radical (unpaired) electrons. The number of fused-ring (bicyclic) bond motifs is 1. The van der Waals surface area contributed by atoms with Gasteiger partial charge < -0.3 is 4.90 Å². The Labute approximate surface area is 179 Å². The fraction of sp³-hybridized carbons (Fsp3) is 0.286. The molecular weight excluding hydrogens is 435 g/mol. The number of amides is 1. The summed E-state index contributed by atoms with van der Waals surface area (Å²) in [5, 5.41) is -0.133. The van der Waals surface area contributed by atoms with Crippen molar-refractivity contribution in [2.45, 2.75) is 26.4 Å². The van der Waals surface area contributed by atoms with E-state index in [0.29, 0.717) is 19.2 Å². The highest BCUT2D eigenvalue weighted by molar-refractivity contribution is 5.87. The smallest absolute Gasteiger partial charge is 0.341 e. The number of alkyl halides is 3. The molecule has 1 heterocycles. The second-order valence-corrected chi connectivity index (χ2v) is 6.94. The number of nitrogens with zero attached hydrogens (tertiary/aromatic N) is 3. The highest BCUT2D eigenvalue weighted by atomic mass is 19.4. The van der Waals surface area contributed by atoms with Gasteiger partial charge in [-0.1, -0.05) is 0 Å². The van der Waals surface area contributed by atoms with Crippen LogP contribution in [0.15, 0.2) is 41.2 Å². The first kappa shape index (κ1) is 23.2. The van der Waals surface area contributed by atoms with Crippen molar-refractivity contribution in [1.29, 1.82) is 0 Å². The average Bonchev–Trinajstić information content (AvgIpc) is 2.69. The first-order valence-electron chi connectivity index (χ1n) is 9.67. The van der Waals surface area contributed by atoms with Gasteiger partial charge in [-0.15, -0.1) is 0 Å². The molecule has 1 aromatic heterocycles. The Hall–Kier alpha value is -3.50. The quantitative estimate of drug-likeness (QED) is 0.575. The molecule has 0 aliphatic carbocycles. The Balaban J connectivity index is 2.07. The predicted molar refractivity (Wildman–Crippen MR) is 109 cm³/mol. The lowest BCUT2D eigenvalue weighted by Gasteiger charge is -2.24. The van der Waals surface area contributed by atoms with E-state index in [4.69, 9.17) is 0 Å². The van der Waals surface area contributed by atoms with Gasteiger partial charge in [-0.2, -0.15) is 17.8 Å². The number of hydrogen-bond acceptors (Lipinski definition) is 4. The molecule has 0 atom stereocenters. The van der Waals surface area contributed by atoms with Crippen molar-refractivity contribution in [2.24, 2.45) is 0 Å². The van der Waals surface area contributed by atoms with Crippen LogP contribution in [0.4, 0.5) is 27.9 Å². The largest absolute Gasteiger partial charge is 0.416 e. The third-order valence-electron chi connectivity index (χ3n) is 4.75. The molecule has 3 rings (SSSR count). The van der Waals surface area contributed by atoms with Crippen LogP contribution in [0.25, 0.3) is 10.9 Å². The number of rotatable bonds is 6. The van der Waals surface area contributed by atoms with Crippen molar-refractivity contribution in [2.75, 3.05) is 23.4 Å². The standard InChI is InChI=1S/C21H19F5N4O2/c1-3-29(4-2)20-27-17-10-13(21(24,25)26)5-6-16(17)19(32)30(20)28-18(31)9-12-7-14(22)11-15(23)8-12/h5-8,10-11H,3-4,9H2,1-2H3,(H,28,31). The molecule has 2 aromatic carbocycles. The molecule has 0 aliphatic heterocycles. The summed E-state index contributed by atoms with van der Waals surface area (Å²) in [5.74, 6) is -2.55. The minimum Gasteiger partial charge on any atom is -0.341 e. The van der Waals surface area contributed by atoms with Gasteiger partial charge in [0.05, 0.1) is 22.9 Å². The van der Waals surface area contributed by atoms with E-state index >= 15 is 0 Å². The van der Waals surface area contributed by atoms with Crippen LogP contribution in [0.1, 0.15) is 25.0 Å². The molecule has 32 heavy (non-hydrogen) atoms. The van der Waals surface area contributed by atoms with E-state index < -0.39 is 41.3 Å². The molecule has 0 bridgehead atoms. The average molecular weight is 454 g/mol. The summed E-state index contributed by atoms with van der Waals surface area (Å²) in [4.78, 5) is 31.3. The number of aromatic nitrogens is 2. The lowest BCUT2D eigenvalue weighted by atomic mass is 10.1. The molecule has 3 aromatic rings. The fourth-order valence-corrected chi connectivity index (χ4v) is 3.23. The zero-order valence-electron chi connectivity index (χ0n) is 17.1. The summed E-state index contributed by atoms with van der Waals surface area (Å²) in [7, 11) is 0. The van der Waals surface area contributed by atoms with Crippen LogP contribution in [-0.4, -0.2) is 28.7 Å². The van der Waals surface area contributed by atoms with E-state index in [2.05, 4.69) is 10.4 Å². The van der Waals surface area contributed by atoms with Crippen LogP contribution >= 0.6 is 0 Å². The summed E-state index contributed by atoms with van der Waals surface area (Å²) in [6.45, 7) is 4.18. The first-order valence-corrected chi connectivity index (χ1v) is 9.67. The van der Waals surface area contributed by atoms with Crippen molar-refractivity contribution < 1.29 is 26.7 Å². The maximum absolute atomic E-state index is 13.4. The van der Waals surface area contributed by atoms with Gasteiger partial charge in [-0.25, -0.2) is 13.8 Å². The molecule has 0 unspecified atom stereocenters. The van der Waals surface area contributed by atoms with Crippen molar-refractivity contribution >= 4 is 22.8 Å². The molecule has 0 fully saturated rings. The molecule has 11 heteroatoms. The second kappa shape index (κ2) is 8.93. The van der Waals surface area contributed by atoms with Crippen LogP contribution in [0.2, 0.25) is 0 Å². The van der Waals surface area contributed by atoms with Crippen molar-refractivity contribution in [3.63, 3.8) is 0 Å². The van der Waals surface area contributed by atoms with Gasteiger partial charge in [-0.3, -0.25) is 15.0 Å². The van der Waals surface area contributed by atoms with Gasteiger partial charge in [0, 0.05) is 19.2 Å². The maximum Gasteiger partial charge on any atom is 0.416 e. The van der Waals surface area contributed by atoms with Crippen molar-refractivity contribution in [3.8, 4) is 0 Å². The van der Waals surface area contributed by atoms with E-state index in [9.17, 15) is 31.5 Å². The third kappa shape index (κ3) is 4.87. The zero-order chi connectivity index (χ0) is 23.6. The van der Waals surface area contributed by atoms with Crippen LogP contribution in [-0.2, 0) is 17.4 Å². The number of anilines is 1. The summed E-state index contributed by atoms with van der Waals surface area (Å²) < 4.78 is 66.9. The number of benzene rings is 2. The van der Waals surface area contributed by atoms with Crippen LogP contribution in [0.3, 0.4) is 0 Å². The molecule has 0 aliphatic rings. The van der Waals surface area contributed by atoms with Crippen LogP contribution in [0, 0.1) is 11.6 Å². The monoisotopic (exact) mass is 454 g/mol. The van der Waals surface area contributed by atoms with E-state index in [1.165, 1.54) is 0 Å². The summed E-state index contributed by atoms with van der Waals surface area (Å²) in [6, 6.07) is 5.13. The minimum atomic E-state index is -4.62. The first-order chi connectivity index (χ1) is 15.0. The molecule has 170 valence electrons. The second-order valence-electron chi connectivity index (χ2n) is 6.94. The van der Waals surface area contributed by atoms with Gasteiger partial charge in [0.1, 0.15) is 11.6 Å².